The molecular weight excluding hydrogens is 418 g/mol. The highest BCUT2D eigenvalue weighted by Crippen LogP contribution is 2.37. The van der Waals surface area contributed by atoms with Crippen LogP contribution in [-0.4, -0.2) is 9.55 Å². The van der Waals surface area contributed by atoms with Crippen LogP contribution in [0.15, 0.2) is 102 Å². The highest BCUT2D eigenvalue weighted by molar-refractivity contribution is 6.09. The largest absolute Gasteiger partial charge is 0.455 e. The van der Waals surface area contributed by atoms with Crippen LogP contribution >= 0.6 is 0 Å². The Labute approximate surface area is 196 Å². The summed E-state index contributed by atoms with van der Waals surface area (Å²) in [5.41, 5.74) is 6.98. The predicted octanol–water partition coefficient (Wildman–Crippen LogP) is 6.88. The highest BCUT2D eigenvalue weighted by Gasteiger charge is 2.27. The first-order chi connectivity index (χ1) is 16.7. The Kier molecular flexibility index (Phi) is 3.94. The van der Waals surface area contributed by atoms with Crippen LogP contribution in [0.4, 0.5) is 0 Å². The molecule has 4 heteroatoms. The maximum atomic E-state index is 6.39. The van der Waals surface area contributed by atoms with E-state index in [9.17, 15) is 0 Å². The van der Waals surface area contributed by atoms with Crippen molar-refractivity contribution in [3.8, 4) is 17.1 Å². The standard InChI is InChI=1S/C30H22N3O/c1-19-16-26-30(32(2)18-19)33(22-15-14-20-8-3-4-9-21(20)17-22)29(31-26)25-12-7-11-24-23-10-5-6-13-27(23)34-28(24)25/h3-18H,1-2H3/q+1. The summed E-state index contributed by atoms with van der Waals surface area (Å²) in [7, 11) is 2.08. The summed E-state index contributed by atoms with van der Waals surface area (Å²) >= 11 is 0. The number of furan rings is 1. The van der Waals surface area contributed by atoms with Gasteiger partial charge in [-0.25, -0.2) is 9.55 Å². The van der Waals surface area contributed by atoms with Crippen molar-refractivity contribution in [2.45, 2.75) is 6.92 Å². The number of benzene rings is 4. The van der Waals surface area contributed by atoms with Gasteiger partial charge in [-0.05, 0) is 53.6 Å². The zero-order chi connectivity index (χ0) is 22.8. The second-order valence-corrected chi connectivity index (χ2v) is 8.92. The topological polar surface area (TPSA) is 34.8 Å². The number of hydrogen-bond acceptors (Lipinski definition) is 2. The van der Waals surface area contributed by atoms with E-state index in [1.807, 2.05) is 12.1 Å². The molecule has 162 valence electrons. The maximum Gasteiger partial charge on any atom is 0.314 e. The Morgan fingerprint density at radius 3 is 2.50 bits per heavy atom. The number of aryl methyl sites for hydroxylation is 2. The fourth-order valence-electron chi connectivity index (χ4n) is 5.15. The molecule has 7 rings (SSSR count). The lowest BCUT2D eigenvalue weighted by molar-refractivity contribution is -0.647. The van der Waals surface area contributed by atoms with Crippen LogP contribution in [0.1, 0.15) is 5.56 Å². The second-order valence-electron chi connectivity index (χ2n) is 8.92. The molecule has 4 nitrogen and oxygen atoms in total. The molecule has 0 spiro atoms. The van der Waals surface area contributed by atoms with Crippen LogP contribution in [0.2, 0.25) is 0 Å². The van der Waals surface area contributed by atoms with Crippen molar-refractivity contribution in [1.82, 2.24) is 9.55 Å². The van der Waals surface area contributed by atoms with Gasteiger partial charge in [-0.3, -0.25) is 0 Å². The maximum absolute atomic E-state index is 6.39. The van der Waals surface area contributed by atoms with Crippen molar-refractivity contribution < 1.29 is 8.98 Å². The summed E-state index contributed by atoms with van der Waals surface area (Å²) in [6, 6.07) is 31.7. The van der Waals surface area contributed by atoms with Crippen molar-refractivity contribution in [2.24, 2.45) is 7.05 Å². The van der Waals surface area contributed by atoms with Crippen molar-refractivity contribution in [3.05, 3.63) is 103 Å². The van der Waals surface area contributed by atoms with Gasteiger partial charge in [0, 0.05) is 10.8 Å². The molecule has 4 aromatic carbocycles. The Bertz CT molecular complexity index is 1890. The summed E-state index contributed by atoms with van der Waals surface area (Å²) in [4.78, 5) is 5.16. The number of imidazole rings is 1. The number of nitrogens with zero attached hydrogens (tertiary/aromatic N) is 3. The normalized spacial score (nSPS) is 11.8. The SMILES string of the molecule is Cc1cc2nc(-c3cccc4c3oc3ccccc34)n(-c3ccc4ccccc4c3)c2[n+](C)c1. The van der Waals surface area contributed by atoms with Crippen LogP contribution in [-0.2, 0) is 7.05 Å². The van der Waals surface area contributed by atoms with Gasteiger partial charge < -0.3 is 4.42 Å². The number of aromatic nitrogens is 3. The molecular formula is C30H22N3O+. The van der Waals surface area contributed by atoms with E-state index in [2.05, 4.69) is 108 Å². The lowest BCUT2D eigenvalue weighted by Gasteiger charge is -2.06. The molecule has 3 aromatic heterocycles. The van der Waals surface area contributed by atoms with Crippen LogP contribution < -0.4 is 4.57 Å². The first-order valence-corrected chi connectivity index (χ1v) is 11.5. The van der Waals surface area contributed by atoms with Crippen molar-refractivity contribution in [1.29, 1.82) is 0 Å². The summed E-state index contributed by atoms with van der Waals surface area (Å²) in [6.07, 6.45) is 2.15. The third-order valence-electron chi connectivity index (χ3n) is 6.61. The van der Waals surface area contributed by atoms with Gasteiger partial charge in [0.25, 0.3) is 0 Å². The zero-order valence-corrected chi connectivity index (χ0v) is 19.0. The fraction of sp³-hybridized carbons (Fsp3) is 0.0667. The highest BCUT2D eigenvalue weighted by atomic mass is 16.3. The molecule has 0 fully saturated rings. The molecule has 0 unspecified atom stereocenters. The summed E-state index contributed by atoms with van der Waals surface area (Å²) in [5.74, 6) is 0.871. The average molecular weight is 441 g/mol. The minimum absolute atomic E-state index is 0.862. The van der Waals surface area contributed by atoms with Gasteiger partial charge in [0.15, 0.2) is 5.52 Å². The Morgan fingerprint density at radius 1 is 0.794 bits per heavy atom. The molecule has 7 aromatic rings. The Balaban J connectivity index is 1.61. The third kappa shape index (κ3) is 2.72. The predicted molar refractivity (Wildman–Crippen MR) is 137 cm³/mol. The Hall–Kier alpha value is -4.44. The van der Waals surface area contributed by atoms with E-state index >= 15 is 0 Å². The van der Waals surface area contributed by atoms with E-state index in [-0.39, 0.29) is 0 Å². The van der Waals surface area contributed by atoms with Crippen molar-refractivity contribution in [2.75, 3.05) is 0 Å². The van der Waals surface area contributed by atoms with Crippen molar-refractivity contribution >= 4 is 43.9 Å². The van der Waals surface area contributed by atoms with Gasteiger partial charge in [0.2, 0.25) is 5.82 Å². The average Bonchev–Trinajstić information content (AvgIpc) is 3.42. The molecule has 0 bridgehead atoms. The van der Waals surface area contributed by atoms with Gasteiger partial charge in [0.05, 0.1) is 18.8 Å². The van der Waals surface area contributed by atoms with Crippen LogP contribution in [0.25, 0.3) is 61.0 Å². The number of fused-ring (bicyclic) bond motifs is 5. The smallest absolute Gasteiger partial charge is 0.314 e. The molecule has 0 aliphatic rings. The molecule has 3 heterocycles. The molecule has 0 aliphatic carbocycles. The summed E-state index contributed by atoms with van der Waals surface area (Å²) in [6.45, 7) is 2.11. The first-order valence-electron chi connectivity index (χ1n) is 11.5. The first kappa shape index (κ1) is 19.1. The zero-order valence-electron chi connectivity index (χ0n) is 19.0. The number of hydrogen-bond donors (Lipinski definition) is 0. The molecule has 0 N–H and O–H groups in total. The molecule has 0 saturated carbocycles. The van der Waals surface area contributed by atoms with Gasteiger partial charge >= 0.3 is 5.65 Å². The van der Waals surface area contributed by atoms with E-state index < -0.39 is 0 Å². The minimum Gasteiger partial charge on any atom is -0.455 e. The molecule has 34 heavy (non-hydrogen) atoms. The second kappa shape index (κ2) is 7.03. The van der Waals surface area contributed by atoms with Crippen LogP contribution in [0, 0.1) is 6.92 Å². The van der Waals surface area contributed by atoms with E-state index in [4.69, 9.17) is 9.40 Å². The van der Waals surface area contributed by atoms with Crippen LogP contribution in [0.5, 0.6) is 0 Å². The van der Waals surface area contributed by atoms with Crippen molar-refractivity contribution in [3.63, 3.8) is 0 Å². The lowest BCUT2D eigenvalue weighted by atomic mass is 10.1. The van der Waals surface area contributed by atoms with Gasteiger partial charge in [-0.15, -0.1) is 0 Å². The lowest BCUT2D eigenvalue weighted by Crippen LogP contribution is -2.31. The summed E-state index contributed by atoms with van der Waals surface area (Å²) in [5, 5.41) is 4.64. The van der Waals surface area contributed by atoms with Gasteiger partial charge in [-0.2, -0.15) is 4.57 Å². The molecule has 0 atom stereocenters. The Morgan fingerprint density at radius 2 is 1.59 bits per heavy atom. The number of pyridine rings is 1. The number of rotatable bonds is 2. The third-order valence-corrected chi connectivity index (χ3v) is 6.61. The molecule has 0 radical (unpaired) electrons. The van der Waals surface area contributed by atoms with E-state index in [1.54, 1.807) is 0 Å². The molecule has 0 amide bonds. The van der Waals surface area contributed by atoms with Gasteiger partial charge in [0.1, 0.15) is 16.9 Å². The van der Waals surface area contributed by atoms with E-state index in [0.717, 1.165) is 50.2 Å². The molecule has 0 aliphatic heterocycles. The quantitative estimate of drug-likeness (QED) is 0.275. The van der Waals surface area contributed by atoms with Gasteiger partial charge in [-0.1, -0.05) is 60.7 Å². The summed E-state index contributed by atoms with van der Waals surface area (Å²) < 4.78 is 10.8. The minimum atomic E-state index is 0.862. The van der Waals surface area contributed by atoms with E-state index in [1.165, 1.54) is 16.3 Å². The monoisotopic (exact) mass is 440 g/mol. The fourth-order valence-corrected chi connectivity index (χ4v) is 5.15. The number of para-hydroxylation sites is 2. The molecule has 0 saturated heterocycles. The van der Waals surface area contributed by atoms with E-state index in [0.29, 0.717) is 0 Å². The van der Waals surface area contributed by atoms with Crippen LogP contribution in [0.3, 0.4) is 0 Å².